The van der Waals surface area contributed by atoms with Crippen LogP contribution in [0.3, 0.4) is 0 Å². The van der Waals surface area contributed by atoms with Crippen molar-refractivity contribution in [2.75, 3.05) is 18.4 Å². The molecule has 9 heteroatoms. The van der Waals surface area contributed by atoms with Gasteiger partial charge in [-0.2, -0.15) is 0 Å². The summed E-state index contributed by atoms with van der Waals surface area (Å²) in [5.74, 6) is -1.61. The van der Waals surface area contributed by atoms with Crippen LogP contribution in [0.2, 0.25) is 0 Å². The number of nitrogens with one attached hydrogen (secondary N) is 1. The van der Waals surface area contributed by atoms with E-state index in [9.17, 15) is 24.3 Å². The van der Waals surface area contributed by atoms with E-state index in [4.69, 9.17) is 4.42 Å². The Hall–Kier alpha value is -4.14. The number of piperidine rings is 1. The number of amides is 2. The Morgan fingerprint density at radius 2 is 1.82 bits per heavy atom. The number of aromatic carboxylic acids is 1. The molecule has 5 rings (SSSR count). The van der Waals surface area contributed by atoms with E-state index in [1.807, 2.05) is 6.07 Å². The summed E-state index contributed by atoms with van der Waals surface area (Å²) >= 11 is 0. The Morgan fingerprint density at radius 3 is 2.58 bits per heavy atom. The lowest BCUT2D eigenvalue weighted by Gasteiger charge is -2.43. The summed E-state index contributed by atoms with van der Waals surface area (Å²) in [5, 5.41) is 11.8. The number of fused-ring (bicyclic) bond motifs is 4. The van der Waals surface area contributed by atoms with Crippen molar-refractivity contribution in [2.24, 2.45) is 5.92 Å². The molecular formula is C24H21N3O6. The molecule has 4 heterocycles. The van der Waals surface area contributed by atoms with Crippen LogP contribution in [0, 0.1) is 5.92 Å². The van der Waals surface area contributed by atoms with Gasteiger partial charge in [0.2, 0.25) is 0 Å². The lowest BCUT2D eigenvalue weighted by atomic mass is 9.83. The molecule has 3 aromatic rings. The molecule has 2 aromatic heterocycles. The van der Waals surface area contributed by atoms with Gasteiger partial charge in [0.15, 0.2) is 5.76 Å². The Morgan fingerprint density at radius 1 is 1.00 bits per heavy atom. The van der Waals surface area contributed by atoms with Gasteiger partial charge in [0, 0.05) is 36.8 Å². The molecule has 0 aliphatic carbocycles. The first-order valence-electron chi connectivity index (χ1n) is 10.6. The molecule has 2 N–H and O–H groups in total. The topological polar surface area (TPSA) is 122 Å². The van der Waals surface area contributed by atoms with Gasteiger partial charge < -0.3 is 24.3 Å². The van der Waals surface area contributed by atoms with Crippen LogP contribution in [-0.4, -0.2) is 45.4 Å². The van der Waals surface area contributed by atoms with E-state index in [1.54, 1.807) is 33.7 Å². The highest BCUT2D eigenvalue weighted by atomic mass is 16.4. The second-order valence-electron chi connectivity index (χ2n) is 8.41. The Bertz CT molecular complexity index is 1310. The maximum Gasteiger partial charge on any atom is 0.335 e. The number of carbonyl (C=O) groups is 3. The number of hydrogen-bond donors (Lipinski definition) is 2. The number of furan rings is 1. The quantitative estimate of drug-likeness (QED) is 0.634. The van der Waals surface area contributed by atoms with Gasteiger partial charge >= 0.3 is 5.97 Å². The van der Waals surface area contributed by atoms with Gasteiger partial charge in [-0.25, -0.2) is 4.79 Å². The number of likely N-dealkylation sites (tertiary alicyclic amines) is 1. The van der Waals surface area contributed by atoms with Crippen molar-refractivity contribution in [2.45, 2.75) is 18.9 Å². The summed E-state index contributed by atoms with van der Waals surface area (Å²) < 4.78 is 6.76. The molecule has 0 radical (unpaired) electrons. The lowest BCUT2D eigenvalue weighted by Crippen LogP contribution is -2.49. The zero-order chi connectivity index (χ0) is 23.1. The number of carboxylic acids is 1. The molecule has 2 unspecified atom stereocenters. The standard InChI is InChI=1S/C24H21N3O6/c28-21(20-5-2-8-33-20)25-18-6-7-19-17-9-14(12-27(19)23(18)30)11-26(13-17)22(29)15-3-1-4-16(10-15)24(31)32/h1-8,10,14,17H,9,11-13H2,(H,25,28)(H,31,32). The molecule has 1 aromatic carbocycles. The Labute approximate surface area is 188 Å². The fourth-order valence-electron chi connectivity index (χ4n) is 4.77. The van der Waals surface area contributed by atoms with Gasteiger partial charge in [-0.05, 0) is 54.8 Å². The van der Waals surface area contributed by atoms with Gasteiger partial charge in [-0.1, -0.05) is 6.07 Å². The first-order chi connectivity index (χ1) is 15.9. The van der Waals surface area contributed by atoms with Crippen LogP contribution >= 0.6 is 0 Å². The third-order valence-electron chi connectivity index (χ3n) is 6.24. The molecule has 168 valence electrons. The smallest absolute Gasteiger partial charge is 0.335 e. The van der Waals surface area contributed by atoms with Crippen molar-refractivity contribution in [3.63, 3.8) is 0 Å². The predicted molar refractivity (Wildman–Crippen MR) is 118 cm³/mol. The van der Waals surface area contributed by atoms with Crippen LogP contribution in [0.5, 0.6) is 0 Å². The van der Waals surface area contributed by atoms with E-state index in [1.165, 1.54) is 24.5 Å². The zero-order valence-electron chi connectivity index (χ0n) is 17.6. The van der Waals surface area contributed by atoms with E-state index in [2.05, 4.69) is 5.32 Å². The number of rotatable bonds is 4. The SMILES string of the molecule is O=C(O)c1cccc(C(=O)N2CC3CC(C2)c2ccc(NC(=O)c4ccco4)c(=O)n2C3)c1. The molecule has 2 amide bonds. The number of anilines is 1. The van der Waals surface area contributed by atoms with Crippen molar-refractivity contribution >= 4 is 23.5 Å². The summed E-state index contributed by atoms with van der Waals surface area (Å²) in [4.78, 5) is 51.4. The first-order valence-corrected chi connectivity index (χ1v) is 10.6. The summed E-state index contributed by atoms with van der Waals surface area (Å²) in [7, 11) is 0. The molecule has 2 aliphatic rings. The first kappa shape index (κ1) is 20.7. The Balaban J connectivity index is 1.38. The second-order valence-corrected chi connectivity index (χ2v) is 8.41. The minimum absolute atomic E-state index is 0.0216. The number of benzene rings is 1. The van der Waals surface area contributed by atoms with E-state index in [0.29, 0.717) is 25.2 Å². The van der Waals surface area contributed by atoms with Crippen molar-refractivity contribution in [1.82, 2.24) is 9.47 Å². The molecule has 2 aliphatic heterocycles. The van der Waals surface area contributed by atoms with Crippen LogP contribution in [0.15, 0.2) is 64.0 Å². The van der Waals surface area contributed by atoms with Gasteiger partial charge in [0.1, 0.15) is 5.69 Å². The minimum atomic E-state index is -1.08. The number of pyridine rings is 1. The Kier molecular flexibility index (Phi) is 5.08. The lowest BCUT2D eigenvalue weighted by molar-refractivity contribution is 0.0594. The van der Waals surface area contributed by atoms with Crippen molar-refractivity contribution in [3.8, 4) is 0 Å². The fourth-order valence-corrected chi connectivity index (χ4v) is 4.77. The average molecular weight is 447 g/mol. The van der Waals surface area contributed by atoms with E-state index in [-0.39, 0.29) is 40.3 Å². The van der Waals surface area contributed by atoms with Crippen LogP contribution < -0.4 is 10.9 Å². The summed E-state index contributed by atoms with van der Waals surface area (Å²) in [5.41, 5.74) is 1.13. The number of nitrogens with zero attached hydrogens (tertiary/aromatic N) is 2. The van der Waals surface area contributed by atoms with E-state index in [0.717, 1.165) is 12.1 Å². The minimum Gasteiger partial charge on any atom is -0.478 e. The third kappa shape index (κ3) is 3.82. The zero-order valence-corrected chi connectivity index (χ0v) is 17.6. The average Bonchev–Trinajstić information content (AvgIpc) is 3.36. The molecular weight excluding hydrogens is 426 g/mol. The largest absolute Gasteiger partial charge is 0.478 e. The molecule has 0 spiro atoms. The summed E-state index contributed by atoms with van der Waals surface area (Å²) in [6.45, 7) is 1.35. The monoisotopic (exact) mass is 447 g/mol. The molecule has 33 heavy (non-hydrogen) atoms. The predicted octanol–water partition coefficient (Wildman–Crippen LogP) is 2.65. The van der Waals surface area contributed by atoms with Crippen LogP contribution in [-0.2, 0) is 6.54 Å². The molecule has 1 saturated heterocycles. The maximum atomic E-state index is 13.1. The fraction of sp³-hybridized carbons (Fsp3) is 0.250. The van der Waals surface area contributed by atoms with Gasteiger partial charge in [0.05, 0.1) is 11.8 Å². The molecule has 2 atom stereocenters. The van der Waals surface area contributed by atoms with E-state index < -0.39 is 11.9 Å². The molecule has 0 saturated carbocycles. The summed E-state index contributed by atoms with van der Waals surface area (Å²) in [6.07, 6.45) is 2.25. The maximum absolute atomic E-state index is 13.1. The molecule has 2 bridgehead atoms. The highest BCUT2D eigenvalue weighted by Gasteiger charge is 2.37. The van der Waals surface area contributed by atoms with Crippen LogP contribution in [0.1, 0.15) is 49.3 Å². The highest BCUT2D eigenvalue weighted by molar-refractivity contribution is 6.02. The number of hydrogen-bond acceptors (Lipinski definition) is 5. The second kappa shape index (κ2) is 8.09. The molecule has 9 nitrogen and oxygen atoms in total. The molecule has 1 fully saturated rings. The van der Waals surface area contributed by atoms with Crippen LogP contribution in [0.25, 0.3) is 0 Å². The van der Waals surface area contributed by atoms with Gasteiger partial charge in [-0.3, -0.25) is 14.4 Å². The normalized spacial score (nSPS) is 19.0. The van der Waals surface area contributed by atoms with Gasteiger partial charge in [-0.15, -0.1) is 0 Å². The third-order valence-corrected chi connectivity index (χ3v) is 6.24. The number of aromatic nitrogens is 1. The van der Waals surface area contributed by atoms with E-state index >= 15 is 0 Å². The number of carbonyl (C=O) groups excluding carboxylic acids is 2. The van der Waals surface area contributed by atoms with Gasteiger partial charge in [0.25, 0.3) is 17.4 Å². The van der Waals surface area contributed by atoms with Crippen LogP contribution in [0.4, 0.5) is 5.69 Å². The summed E-state index contributed by atoms with van der Waals surface area (Å²) in [6, 6.07) is 12.6. The van der Waals surface area contributed by atoms with Crippen molar-refractivity contribution < 1.29 is 23.9 Å². The highest BCUT2D eigenvalue weighted by Crippen LogP contribution is 2.36. The van der Waals surface area contributed by atoms with Crippen molar-refractivity contribution in [1.29, 1.82) is 0 Å². The number of carboxylic acid groups (broad SMARTS) is 1. The van der Waals surface area contributed by atoms with Crippen molar-refractivity contribution in [3.05, 3.63) is 87.7 Å².